The fourth-order valence-electron chi connectivity index (χ4n) is 3.32. The summed E-state index contributed by atoms with van der Waals surface area (Å²) in [6.07, 6.45) is 0. The molecule has 0 aromatic heterocycles. The minimum absolute atomic E-state index is 0.166. The monoisotopic (exact) mass is 304 g/mol. The topological polar surface area (TPSA) is 41.6 Å². The lowest BCUT2D eigenvalue weighted by molar-refractivity contribution is -0.130. The van der Waals surface area contributed by atoms with Crippen LogP contribution in [0, 0.1) is 11.8 Å². The molecule has 1 fully saturated rings. The lowest BCUT2D eigenvalue weighted by atomic mass is 9.87. The molecule has 0 bridgehead atoms. The fraction of sp³-hybridized carbons (Fsp3) is 0.611. The summed E-state index contributed by atoms with van der Waals surface area (Å²) in [5.41, 5.74) is 1.24. The van der Waals surface area contributed by atoms with Gasteiger partial charge in [-0.15, -0.1) is 0 Å². The smallest absolute Gasteiger partial charge is 0.219 e. The first-order valence-electron chi connectivity index (χ1n) is 8.12. The molecular weight excluding hydrogens is 276 g/mol. The summed E-state index contributed by atoms with van der Waals surface area (Å²) in [5, 5.41) is 3.48. The van der Waals surface area contributed by atoms with Gasteiger partial charge in [0.2, 0.25) is 5.91 Å². The highest BCUT2D eigenvalue weighted by atomic mass is 16.5. The first-order chi connectivity index (χ1) is 10.5. The quantitative estimate of drug-likeness (QED) is 0.878. The van der Waals surface area contributed by atoms with Gasteiger partial charge < -0.3 is 15.0 Å². The Hall–Kier alpha value is -1.55. The lowest BCUT2D eigenvalue weighted by Crippen LogP contribution is -2.38. The van der Waals surface area contributed by atoms with E-state index in [1.807, 2.05) is 17.0 Å². The maximum absolute atomic E-state index is 11.9. The van der Waals surface area contributed by atoms with E-state index in [0.29, 0.717) is 17.8 Å². The number of benzene rings is 1. The first-order valence-corrected chi connectivity index (χ1v) is 8.12. The third kappa shape index (κ3) is 4.01. The molecule has 2 rings (SSSR count). The van der Waals surface area contributed by atoms with E-state index in [1.54, 1.807) is 14.0 Å². The number of hydrogen-bond acceptors (Lipinski definition) is 3. The van der Waals surface area contributed by atoms with Crippen molar-refractivity contribution in [1.29, 1.82) is 0 Å². The van der Waals surface area contributed by atoms with Crippen LogP contribution in [0.15, 0.2) is 24.3 Å². The second-order valence-corrected chi connectivity index (χ2v) is 6.58. The number of nitrogens with zero attached hydrogens (tertiary/aromatic N) is 1. The number of carbonyl (C=O) groups excluding carboxylic acids is 1. The van der Waals surface area contributed by atoms with Gasteiger partial charge in [0.25, 0.3) is 0 Å². The van der Waals surface area contributed by atoms with E-state index in [-0.39, 0.29) is 5.91 Å². The largest absolute Gasteiger partial charge is 0.496 e. The Labute approximate surface area is 133 Å². The van der Waals surface area contributed by atoms with Gasteiger partial charge in [-0.3, -0.25) is 4.79 Å². The third-order valence-corrected chi connectivity index (χ3v) is 4.36. The number of para-hydroxylation sites is 1. The summed E-state index contributed by atoms with van der Waals surface area (Å²) < 4.78 is 5.51. The lowest BCUT2D eigenvalue weighted by Gasteiger charge is -2.29. The predicted molar refractivity (Wildman–Crippen MR) is 89.2 cm³/mol. The highest BCUT2D eigenvalue weighted by Gasteiger charge is 2.32. The number of methoxy groups -OCH3 is 1. The van der Waals surface area contributed by atoms with Gasteiger partial charge in [-0.1, -0.05) is 32.0 Å². The van der Waals surface area contributed by atoms with Crippen LogP contribution in [0.1, 0.15) is 32.3 Å². The maximum atomic E-state index is 11.9. The average molecular weight is 304 g/mol. The summed E-state index contributed by atoms with van der Waals surface area (Å²) in [5.74, 6) is 2.42. The van der Waals surface area contributed by atoms with E-state index >= 15 is 0 Å². The van der Waals surface area contributed by atoms with Gasteiger partial charge in [-0.05, 0) is 23.5 Å². The molecular formula is C18H28N2O2. The van der Waals surface area contributed by atoms with Gasteiger partial charge in [0.1, 0.15) is 5.75 Å². The normalized spacial score (nSPS) is 21.1. The standard InChI is InChI=1S/C18H28N2O2/c1-13(2)11-20(14(3)21)12-15-9-19-10-17(15)16-7-5-6-8-18(16)22-4/h5-8,13,15,17,19H,9-12H2,1-4H3. The van der Waals surface area contributed by atoms with Crippen LogP contribution in [-0.2, 0) is 4.79 Å². The van der Waals surface area contributed by atoms with Crippen molar-refractivity contribution in [1.82, 2.24) is 10.2 Å². The molecule has 0 aliphatic carbocycles. The molecule has 1 heterocycles. The third-order valence-electron chi connectivity index (χ3n) is 4.36. The highest BCUT2D eigenvalue weighted by Crippen LogP contribution is 2.34. The molecule has 1 aromatic carbocycles. The van der Waals surface area contributed by atoms with Crippen molar-refractivity contribution in [2.45, 2.75) is 26.7 Å². The van der Waals surface area contributed by atoms with Gasteiger partial charge in [-0.2, -0.15) is 0 Å². The van der Waals surface area contributed by atoms with Crippen LogP contribution in [0.25, 0.3) is 0 Å². The van der Waals surface area contributed by atoms with Crippen LogP contribution >= 0.6 is 0 Å². The zero-order valence-electron chi connectivity index (χ0n) is 14.1. The number of hydrogen-bond donors (Lipinski definition) is 1. The van der Waals surface area contributed by atoms with Crippen molar-refractivity contribution in [3.05, 3.63) is 29.8 Å². The zero-order chi connectivity index (χ0) is 16.1. The van der Waals surface area contributed by atoms with Crippen molar-refractivity contribution >= 4 is 5.91 Å². The molecule has 122 valence electrons. The van der Waals surface area contributed by atoms with Gasteiger partial charge in [-0.25, -0.2) is 0 Å². The van der Waals surface area contributed by atoms with Crippen LogP contribution < -0.4 is 10.1 Å². The molecule has 1 saturated heterocycles. The molecule has 1 amide bonds. The van der Waals surface area contributed by atoms with E-state index in [2.05, 4.69) is 31.3 Å². The number of ether oxygens (including phenoxy) is 1. The summed E-state index contributed by atoms with van der Waals surface area (Å²) >= 11 is 0. The molecule has 0 spiro atoms. The number of nitrogens with one attached hydrogen (secondary N) is 1. The zero-order valence-corrected chi connectivity index (χ0v) is 14.1. The predicted octanol–water partition coefficient (Wildman–Crippen LogP) is 2.50. The number of amides is 1. The molecule has 0 saturated carbocycles. The molecule has 1 aromatic rings. The summed E-state index contributed by atoms with van der Waals surface area (Å²) in [6, 6.07) is 8.22. The Morgan fingerprint density at radius 2 is 2.09 bits per heavy atom. The van der Waals surface area contributed by atoms with Crippen molar-refractivity contribution in [2.75, 3.05) is 33.3 Å². The van der Waals surface area contributed by atoms with E-state index in [4.69, 9.17) is 4.74 Å². The summed E-state index contributed by atoms with van der Waals surface area (Å²) in [4.78, 5) is 13.9. The molecule has 1 N–H and O–H groups in total. The van der Waals surface area contributed by atoms with Crippen LogP contribution in [0.5, 0.6) is 5.75 Å². The van der Waals surface area contributed by atoms with E-state index < -0.39 is 0 Å². The van der Waals surface area contributed by atoms with Crippen molar-refractivity contribution in [2.24, 2.45) is 11.8 Å². The Morgan fingerprint density at radius 3 is 2.73 bits per heavy atom. The molecule has 2 atom stereocenters. The van der Waals surface area contributed by atoms with E-state index in [1.165, 1.54) is 5.56 Å². The van der Waals surface area contributed by atoms with Crippen LogP contribution in [-0.4, -0.2) is 44.1 Å². The van der Waals surface area contributed by atoms with E-state index in [9.17, 15) is 4.79 Å². The minimum atomic E-state index is 0.166. The van der Waals surface area contributed by atoms with Crippen LogP contribution in [0.2, 0.25) is 0 Å². The highest BCUT2D eigenvalue weighted by molar-refractivity contribution is 5.73. The molecule has 1 aliphatic rings. The minimum Gasteiger partial charge on any atom is -0.496 e. The summed E-state index contributed by atoms with van der Waals surface area (Å²) in [7, 11) is 1.72. The Bertz CT molecular complexity index is 502. The molecule has 4 nitrogen and oxygen atoms in total. The van der Waals surface area contributed by atoms with Crippen molar-refractivity contribution < 1.29 is 9.53 Å². The van der Waals surface area contributed by atoms with Gasteiger partial charge in [0, 0.05) is 39.0 Å². The van der Waals surface area contributed by atoms with Gasteiger partial charge in [0.15, 0.2) is 0 Å². The van der Waals surface area contributed by atoms with Gasteiger partial charge in [0.05, 0.1) is 7.11 Å². The number of rotatable bonds is 6. The maximum Gasteiger partial charge on any atom is 0.219 e. The van der Waals surface area contributed by atoms with Crippen molar-refractivity contribution in [3.63, 3.8) is 0 Å². The van der Waals surface area contributed by atoms with E-state index in [0.717, 1.165) is 31.9 Å². The second-order valence-electron chi connectivity index (χ2n) is 6.58. The van der Waals surface area contributed by atoms with Crippen molar-refractivity contribution in [3.8, 4) is 5.75 Å². The summed E-state index contributed by atoms with van der Waals surface area (Å²) in [6.45, 7) is 9.50. The molecule has 4 heteroatoms. The first kappa shape index (κ1) is 16.8. The molecule has 1 aliphatic heterocycles. The molecule has 22 heavy (non-hydrogen) atoms. The SMILES string of the molecule is COc1ccccc1C1CNCC1CN(CC(C)C)C(C)=O. The van der Waals surface area contributed by atoms with Gasteiger partial charge >= 0.3 is 0 Å². The van der Waals surface area contributed by atoms with Crippen LogP contribution in [0.3, 0.4) is 0 Å². The Kier molecular flexibility index (Phi) is 5.83. The average Bonchev–Trinajstić information content (AvgIpc) is 2.94. The Balaban J connectivity index is 2.14. The molecule has 2 unspecified atom stereocenters. The second kappa shape index (κ2) is 7.63. The number of carbonyl (C=O) groups is 1. The Morgan fingerprint density at radius 1 is 1.36 bits per heavy atom. The molecule has 0 radical (unpaired) electrons. The fourth-order valence-corrected chi connectivity index (χ4v) is 3.32. The van der Waals surface area contributed by atoms with Crippen LogP contribution in [0.4, 0.5) is 0 Å².